The fourth-order valence-electron chi connectivity index (χ4n) is 3.99. The minimum Gasteiger partial charge on any atom is -0.478 e. The Balaban J connectivity index is 1.57. The second kappa shape index (κ2) is 9.25. The molecule has 0 fully saturated rings. The minimum absolute atomic E-state index is 0.0271. The summed E-state index contributed by atoms with van der Waals surface area (Å²) in [5, 5.41) is 9.23. The number of benzene rings is 4. The molecular weight excluding hydrogens is 494 g/mol. The zero-order chi connectivity index (χ0) is 26.2. The number of nitrogens with zero attached hydrogens (tertiary/aromatic N) is 2. The highest BCUT2D eigenvalue weighted by Gasteiger charge is 2.22. The number of sulfonamides is 1. The average Bonchev–Trinajstić information content (AvgIpc) is 3.21. The molecule has 0 atom stereocenters. The summed E-state index contributed by atoms with van der Waals surface area (Å²) in [6, 6.07) is 27.1. The lowest BCUT2D eigenvalue weighted by Gasteiger charge is -2.13. The molecule has 0 aliphatic rings. The van der Waals surface area contributed by atoms with Gasteiger partial charge >= 0.3 is 5.97 Å². The van der Waals surface area contributed by atoms with E-state index in [2.05, 4.69) is 0 Å². The highest BCUT2D eigenvalue weighted by Crippen LogP contribution is 2.22. The Morgan fingerprint density at radius 3 is 1.81 bits per heavy atom. The molecule has 2 N–H and O–H groups in total. The average molecular weight is 514 g/mol. The number of carbonyl (C=O) groups is 2. The van der Waals surface area contributed by atoms with Crippen molar-refractivity contribution in [3.8, 4) is 11.4 Å². The molecule has 0 saturated carbocycles. The largest absolute Gasteiger partial charge is 0.478 e. The Hall–Kier alpha value is -4.96. The van der Waals surface area contributed by atoms with Crippen LogP contribution >= 0.6 is 0 Å². The third-order valence-corrected chi connectivity index (χ3v) is 7.10. The molecule has 0 unspecified atom stereocenters. The summed E-state index contributed by atoms with van der Waals surface area (Å²) in [4.78, 5) is 37.2. The zero-order valence-corrected chi connectivity index (χ0v) is 19.9. The lowest BCUT2D eigenvalue weighted by Crippen LogP contribution is -2.30. The highest BCUT2D eigenvalue weighted by atomic mass is 32.2. The van der Waals surface area contributed by atoms with E-state index in [0.29, 0.717) is 11.2 Å². The van der Waals surface area contributed by atoms with Crippen LogP contribution in [0.2, 0.25) is 0 Å². The number of hydrogen-bond donors (Lipinski definition) is 2. The van der Waals surface area contributed by atoms with E-state index in [1.54, 1.807) is 22.9 Å². The van der Waals surface area contributed by atoms with Gasteiger partial charge in [-0.25, -0.2) is 27.3 Å². The van der Waals surface area contributed by atoms with E-state index in [1.165, 1.54) is 16.8 Å². The fourth-order valence-corrected chi connectivity index (χ4v) is 4.96. The lowest BCUT2D eigenvalue weighted by atomic mass is 10.1. The molecule has 184 valence electrons. The van der Waals surface area contributed by atoms with Crippen molar-refractivity contribution in [1.82, 2.24) is 14.1 Å². The molecule has 1 heterocycles. The molecule has 1 aromatic heterocycles. The maximum Gasteiger partial charge on any atom is 0.335 e. The maximum absolute atomic E-state index is 13.5. The molecule has 1 amide bonds. The van der Waals surface area contributed by atoms with Gasteiger partial charge in [0.1, 0.15) is 0 Å². The van der Waals surface area contributed by atoms with Crippen LogP contribution in [0.15, 0.2) is 113 Å². The summed E-state index contributed by atoms with van der Waals surface area (Å²) in [5.41, 5.74) is 1.37. The van der Waals surface area contributed by atoms with Gasteiger partial charge in [-0.3, -0.25) is 9.59 Å². The number of para-hydroxylation sites is 2. The number of nitrogens with one attached hydrogen (secondary N) is 1. The molecule has 5 aromatic rings. The highest BCUT2D eigenvalue weighted by molar-refractivity contribution is 7.90. The molecule has 0 radical (unpaired) electrons. The number of carboxylic acids is 1. The lowest BCUT2D eigenvalue weighted by molar-refractivity contribution is 0.0696. The van der Waals surface area contributed by atoms with Crippen LogP contribution < -0.4 is 10.3 Å². The van der Waals surface area contributed by atoms with Crippen LogP contribution in [0.25, 0.3) is 22.3 Å². The van der Waals surface area contributed by atoms with Gasteiger partial charge in [0.05, 0.1) is 32.7 Å². The molecule has 0 aliphatic heterocycles. The van der Waals surface area contributed by atoms with Crippen molar-refractivity contribution in [3.05, 3.63) is 125 Å². The van der Waals surface area contributed by atoms with Gasteiger partial charge in [-0.05, 0) is 66.7 Å². The quantitative estimate of drug-likeness (QED) is 0.357. The van der Waals surface area contributed by atoms with Crippen molar-refractivity contribution < 1.29 is 23.1 Å². The number of fused-ring (bicyclic) bond motifs is 1. The summed E-state index contributed by atoms with van der Waals surface area (Å²) >= 11 is 0. The first kappa shape index (κ1) is 23.8. The van der Waals surface area contributed by atoms with E-state index < -0.39 is 21.9 Å². The number of rotatable bonds is 6. The van der Waals surface area contributed by atoms with E-state index >= 15 is 0 Å². The first-order valence-corrected chi connectivity index (χ1v) is 12.5. The van der Waals surface area contributed by atoms with Gasteiger partial charge in [0.2, 0.25) is 0 Å². The van der Waals surface area contributed by atoms with E-state index in [1.807, 2.05) is 53.3 Å². The molecule has 0 aliphatic carbocycles. The second-order valence-electron chi connectivity index (χ2n) is 8.10. The zero-order valence-electron chi connectivity index (χ0n) is 19.1. The first-order valence-electron chi connectivity index (χ1n) is 11.1. The van der Waals surface area contributed by atoms with E-state index in [9.17, 15) is 22.8 Å². The van der Waals surface area contributed by atoms with Crippen molar-refractivity contribution in [2.45, 2.75) is 4.90 Å². The molecule has 0 bridgehead atoms. The van der Waals surface area contributed by atoms with E-state index in [0.717, 1.165) is 30.0 Å². The van der Waals surface area contributed by atoms with Crippen molar-refractivity contribution >= 4 is 32.8 Å². The molecule has 10 heteroatoms. The van der Waals surface area contributed by atoms with Gasteiger partial charge in [-0.2, -0.15) is 0 Å². The third-order valence-electron chi connectivity index (χ3n) is 5.75. The molecule has 0 spiro atoms. The van der Waals surface area contributed by atoms with Gasteiger partial charge in [-0.15, -0.1) is 0 Å². The maximum atomic E-state index is 13.5. The molecule has 4 aromatic carbocycles. The molecule has 37 heavy (non-hydrogen) atoms. The van der Waals surface area contributed by atoms with Crippen LogP contribution in [0.4, 0.5) is 0 Å². The number of aromatic nitrogens is 2. The Bertz CT molecular complexity index is 1810. The van der Waals surface area contributed by atoms with Crippen molar-refractivity contribution in [3.63, 3.8) is 0 Å². The van der Waals surface area contributed by atoms with Crippen LogP contribution in [-0.2, 0) is 10.0 Å². The monoisotopic (exact) mass is 513 g/mol. The predicted octanol–water partition coefficient (Wildman–Crippen LogP) is 3.60. The summed E-state index contributed by atoms with van der Waals surface area (Å²) in [6.07, 6.45) is 0. The molecule has 0 saturated heterocycles. The van der Waals surface area contributed by atoms with Crippen molar-refractivity contribution in [2.75, 3.05) is 0 Å². The van der Waals surface area contributed by atoms with Crippen LogP contribution in [-0.4, -0.2) is 34.8 Å². The van der Waals surface area contributed by atoms with E-state index in [-0.39, 0.29) is 27.0 Å². The minimum atomic E-state index is -4.28. The molecule has 9 nitrogen and oxygen atoms in total. The standard InChI is InChI=1S/C27H19N3O6S/c31-25(28-37(35,36)22-14-11-18(12-15-22)27(33)34)19-13-16-24-23(17-19)26(32)30(21-9-5-2-6-10-21)29(24)20-7-3-1-4-8-20/h1-17H,(H,28,31)(H,33,34). The van der Waals surface area contributed by atoms with Gasteiger partial charge in [0, 0.05) is 5.56 Å². The van der Waals surface area contributed by atoms with Crippen molar-refractivity contribution in [2.24, 2.45) is 0 Å². The first-order chi connectivity index (χ1) is 17.8. The Labute approximate surface area is 210 Å². The van der Waals surface area contributed by atoms with Gasteiger partial charge in [0.15, 0.2) is 0 Å². The predicted molar refractivity (Wildman–Crippen MR) is 137 cm³/mol. The second-order valence-corrected chi connectivity index (χ2v) is 9.78. The smallest absolute Gasteiger partial charge is 0.335 e. The molecular formula is C27H19N3O6S. The van der Waals surface area contributed by atoms with Gasteiger partial charge < -0.3 is 5.11 Å². The third kappa shape index (κ3) is 4.41. The van der Waals surface area contributed by atoms with Crippen molar-refractivity contribution in [1.29, 1.82) is 0 Å². The van der Waals surface area contributed by atoms with Gasteiger partial charge in [0.25, 0.3) is 21.5 Å². The number of hydrogen-bond acceptors (Lipinski definition) is 5. The van der Waals surface area contributed by atoms with Crippen LogP contribution in [0.3, 0.4) is 0 Å². The summed E-state index contributed by atoms with van der Waals surface area (Å²) in [5.74, 6) is -2.13. The normalized spacial score (nSPS) is 11.4. The molecule has 5 rings (SSSR count). The number of amides is 1. The summed E-state index contributed by atoms with van der Waals surface area (Å²) in [7, 11) is -4.28. The SMILES string of the molecule is O=C(O)c1ccc(S(=O)(=O)NC(=O)c2ccc3c(c2)c(=O)n(-c2ccccc2)n3-c2ccccc2)cc1. The van der Waals surface area contributed by atoms with Crippen LogP contribution in [0.1, 0.15) is 20.7 Å². The summed E-state index contributed by atoms with van der Waals surface area (Å²) in [6.45, 7) is 0. The van der Waals surface area contributed by atoms with Gasteiger partial charge in [-0.1, -0.05) is 36.4 Å². The summed E-state index contributed by atoms with van der Waals surface area (Å²) < 4.78 is 30.6. The van der Waals surface area contributed by atoms with Crippen LogP contribution in [0.5, 0.6) is 0 Å². The number of carbonyl (C=O) groups excluding carboxylic acids is 1. The Morgan fingerprint density at radius 2 is 1.24 bits per heavy atom. The Morgan fingerprint density at radius 1 is 0.703 bits per heavy atom. The number of carboxylic acid groups (broad SMARTS) is 1. The Kier molecular flexibility index (Phi) is 5.94. The topological polar surface area (TPSA) is 127 Å². The number of aromatic carboxylic acids is 1. The van der Waals surface area contributed by atoms with E-state index in [4.69, 9.17) is 5.11 Å². The fraction of sp³-hybridized carbons (Fsp3) is 0. The van der Waals surface area contributed by atoms with Crippen LogP contribution in [0, 0.1) is 0 Å².